The fourth-order valence-corrected chi connectivity index (χ4v) is 2.58. The molecule has 0 aliphatic carbocycles. The first-order valence-electron chi connectivity index (χ1n) is 7.58. The summed E-state index contributed by atoms with van der Waals surface area (Å²) in [7, 11) is 0. The lowest BCUT2D eigenvalue weighted by Crippen LogP contribution is -2.34. The number of aliphatic hydroxyl groups excluding tert-OH is 1. The van der Waals surface area contributed by atoms with E-state index in [0.29, 0.717) is 5.92 Å². The second-order valence-corrected chi connectivity index (χ2v) is 5.52. The van der Waals surface area contributed by atoms with Crippen molar-refractivity contribution in [1.29, 1.82) is 0 Å². The van der Waals surface area contributed by atoms with Crippen molar-refractivity contribution in [2.75, 3.05) is 0 Å². The molecule has 0 radical (unpaired) electrons. The van der Waals surface area contributed by atoms with Gasteiger partial charge in [-0.05, 0) is 48.3 Å². The molecule has 0 bridgehead atoms. The molecule has 0 saturated carbocycles. The number of rotatable bonds is 7. The Morgan fingerprint density at radius 1 is 1.16 bits per heavy atom. The molecule has 0 aromatic heterocycles. The minimum absolute atomic E-state index is 0.109. The van der Waals surface area contributed by atoms with Crippen molar-refractivity contribution in [3.8, 4) is 0 Å². The van der Waals surface area contributed by atoms with Gasteiger partial charge in [0.05, 0.1) is 6.10 Å². The van der Waals surface area contributed by atoms with Crippen molar-refractivity contribution in [3.05, 3.63) is 34.9 Å². The van der Waals surface area contributed by atoms with Gasteiger partial charge in [0.2, 0.25) is 0 Å². The van der Waals surface area contributed by atoms with E-state index >= 15 is 0 Å². The second kappa shape index (κ2) is 7.66. The van der Waals surface area contributed by atoms with Crippen LogP contribution in [-0.2, 0) is 12.8 Å². The van der Waals surface area contributed by atoms with Gasteiger partial charge in [-0.2, -0.15) is 0 Å². The van der Waals surface area contributed by atoms with Crippen molar-refractivity contribution in [3.63, 3.8) is 0 Å². The summed E-state index contributed by atoms with van der Waals surface area (Å²) in [5.41, 5.74) is 10.1. The van der Waals surface area contributed by atoms with E-state index in [1.54, 1.807) is 0 Å². The number of benzene rings is 1. The van der Waals surface area contributed by atoms with Gasteiger partial charge in [0.25, 0.3) is 0 Å². The third-order valence-electron chi connectivity index (χ3n) is 4.09. The lowest BCUT2D eigenvalue weighted by molar-refractivity contribution is 0.126. The van der Waals surface area contributed by atoms with E-state index in [9.17, 15) is 5.11 Å². The first-order valence-corrected chi connectivity index (χ1v) is 7.58. The monoisotopic (exact) mass is 263 g/mol. The molecule has 0 spiro atoms. The van der Waals surface area contributed by atoms with Crippen LogP contribution in [0.25, 0.3) is 0 Å². The molecule has 3 atom stereocenters. The first-order chi connectivity index (χ1) is 9.03. The molecule has 108 valence electrons. The zero-order valence-electron chi connectivity index (χ0n) is 12.8. The molecule has 19 heavy (non-hydrogen) atoms. The summed E-state index contributed by atoms with van der Waals surface area (Å²) >= 11 is 0. The highest BCUT2D eigenvalue weighted by Gasteiger charge is 2.19. The third-order valence-corrected chi connectivity index (χ3v) is 4.09. The van der Waals surface area contributed by atoms with Gasteiger partial charge in [0, 0.05) is 6.04 Å². The Hall–Kier alpha value is -0.860. The maximum Gasteiger partial charge on any atom is 0.0696 e. The van der Waals surface area contributed by atoms with Crippen LogP contribution in [0.1, 0.15) is 63.1 Å². The molecule has 0 saturated heterocycles. The molecule has 3 unspecified atom stereocenters. The van der Waals surface area contributed by atoms with Crippen molar-refractivity contribution >= 4 is 0 Å². The molecule has 0 aliphatic heterocycles. The molecule has 0 fully saturated rings. The molecule has 1 aromatic carbocycles. The van der Waals surface area contributed by atoms with E-state index in [1.807, 2.05) is 6.92 Å². The fraction of sp³-hybridized carbons (Fsp3) is 0.647. The largest absolute Gasteiger partial charge is 0.391 e. The Morgan fingerprint density at radius 3 is 2.37 bits per heavy atom. The molecule has 0 amide bonds. The van der Waals surface area contributed by atoms with E-state index in [-0.39, 0.29) is 6.04 Å². The Kier molecular flexibility index (Phi) is 6.53. The van der Waals surface area contributed by atoms with Crippen LogP contribution < -0.4 is 5.73 Å². The number of nitrogens with two attached hydrogens (primary N) is 1. The summed E-state index contributed by atoms with van der Waals surface area (Å²) in [5.74, 6) is 0.356. The van der Waals surface area contributed by atoms with E-state index in [1.165, 1.54) is 16.7 Å². The Morgan fingerprint density at radius 2 is 1.84 bits per heavy atom. The van der Waals surface area contributed by atoms with Gasteiger partial charge in [0.1, 0.15) is 0 Å². The zero-order chi connectivity index (χ0) is 14.4. The molecular formula is C17H29NO. The highest BCUT2D eigenvalue weighted by Crippen LogP contribution is 2.27. The highest BCUT2D eigenvalue weighted by molar-refractivity contribution is 5.34. The zero-order valence-corrected chi connectivity index (χ0v) is 12.8. The van der Waals surface area contributed by atoms with Crippen molar-refractivity contribution < 1.29 is 5.11 Å². The van der Waals surface area contributed by atoms with E-state index in [2.05, 4.69) is 39.0 Å². The van der Waals surface area contributed by atoms with Crippen LogP contribution in [0.2, 0.25) is 0 Å². The van der Waals surface area contributed by atoms with Crippen LogP contribution in [0.5, 0.6) is 0 Å². The van der Waals surface area contributed by atoms with Gasteiger partial charge in [-0.25, -0.2) is 0 Å². The predicted octanol–water partition coefficient (Wildman–Crippen LogP) is 3.40. The molecule has 0 heterocycles. The maximum absolute atomic E-state index is 10.1. The van der Waals surface area contributed by atoms with Crippen molar-refractivity contribution in [2.45, 2.75) is 71.4 Å². The number of aliphatic hydroxyl groups is 1. The Labute approximate surface area is 118 Å². The molecule has 2 nitrogen and oxygen atoms in total. The quantitative estimate of drug-likeness (QED) is 0.792. The summed E-state index contributed by atoms with van der Waals surface area (Å²) in [6.07, 6.45) is 3.26. The van der Waals surface area contributed by atoms with Crippen molar-refractivity contribution in [2.24, 2.45) is 5.73 Å². The lowest BCUT2D eigenvalue weighted by atomic mass is 9.87. The normalized spacial score (nSPS) is 16.1. The topological polar surface area (TPSA) is 46.2 Å². The number of hydrogen-bond donors (Lipinski definition) is 2. The average Bonchev–Trinajstić information content (AvgIpc) is 2.45. The number of hydrogen-bond acceptors (Lipinski definition) is 2. The molecule has 3 N–H and O–H groups in total. The van der Waals surface area contributed by atoms with Crippen LogP contribution in [0, 0.1) is 0 Å². The van der Waals surface area contributed by atoms with E-state index in [4.69, 9.17) is 5.73 Å². The van der Waals surface area contributed by atoms with E-state index in [0.717, 1.165) is 25.7 Å². The molecule has 2 heteroatoms. The van der Waals surface area contributed by atoms with Crippen LogP contribution in [0.15, 0.2) is 18.2 Å². The number of aryl methyl sites for hydroxylation is 2. The minimum atomic E-state index is -0.407. The summed E-state index contributed by atoms with van der Waals surface area (Å²) < 4.78 is 0. The Balaban J connectivity index is 2.88. The fourth-order valence-electron chi connectivity index (χ4n) is 2.58. The molecular weight excluding hydrogens is 234 g/mol. The van der Waals surface area contributed by atoms with Crippen LogP contribution in [-0.4, -0.2) is 17.3 Å². The summed E-state index contributed by atoms with van der Waals surface area (Å²) in [4.78, 5) is 0. The predicted molar refractivity (Wildman–Crippen MR) is 82.5 cm³/mol. The Bertz CT molecular complexity index is 389. The smallest absolute Gasteiger partial charge is 0.0696 e. The van der Waals surface area contributed by atoms with E-state index < -0.39 is 6.10 Å². The maximum atomic E-state index is 10.1. The molecule has 1 aromatic rings. The van der Waals surface area contributed by atoms with Gasteiger partial charge in [-0.3, -0.25) is 0 Å². The van der Waals surface area contributed by atoms with Crippen molar-refractivity contribution in [1.82, 2.24) is 0 Å². The molecule has 0 aliphatic rings. The van der Waals surface area contributed by atoms with Crippen LogP contribution in [0.3, 0.4) is 0 Å². The SMILES string of the molecule is CCc1ccc(CC)c(C(C)CC(O)C(N)CC)c1. The van der Waals surface area contributed by atoms with Crippen LogP contribution in [0.4, 0.5) is 0 Å². The summed E-state index contributed by atoms with van der Waals surface area (Å²) in [5, 5.41) is 10.1. The van der Waals surface area contributed by atoms with Gasteiger partial charge >= 0.3 is 0 Å². The molecule has 1 rings (SSSR count). The van der Waals surface area contributed by atoms with Crippen LogP contribution >= 0.6 is 0 Å². The van der Waals surface area contributed by atoms with Gasteiger partial charge in [-0.1, -0.05) is 45.9 Å². The summed E-state index contributed by atoms with van der Waals surface area (Å²) in [6.45, 7) is 8.58. The average molecular weight is 263 g/mol. The summed E-state index contributed by atoms with van der Waals surface area (Å²) in [6, 6.07) is 6.63. The van der Waals surface area contributed by atoms with Gasteiger partial charge < -0.3 is 10.8 Å². The third kappa shape index (κ3) is 4.32. The lowest BCUT2D eigenvalue weighted by Gasteiger charge is -2.23. The minimum Gasteiger partial charge on any atom is -0.391 e. The highest BCUT2D eigenvalue weighted by atomic mass is 16.3. The second-order valence-electron chi connectivity index (χ2n) is 5.52. The standard InChI is InChI=1S/C17H29NO/c1-5-13-8-9-14(6-2)15(11-13)12(4)10-17(19)16(18)7-3/h8-9,11-12,16-17,19H,5-7,10,18H2,1-4H3. The van der Waals surface area contributed by atoms with Gasteiger partial charge in [-0.15, -0.1) is 0 Å². The van der Waals surface area contributed by atoms with Gasteiger partial charge in [0.15, 0.2) is 0 Å². The first kappa shape index (κ1) is 16.2.